The maximum absolute atomic E-state index is 13.4. The number of hydrogen-bond donors (Lipinski definition) is 1. The summed E-state index contributed by atoms with van der Waals surface area (Å²) in [6.45, 7) is -0.184. The van der Waals surface area contributed by atoms with E-state index in [0.29, 0.717) is 16.8 Å². The predicted molar refractivity (Wildman–Crippen MR) is 95.6 cm³/mol. The Morgan fingerprint density at radius 1 is 1.19 bits per heavy atom. The first-order valence-corrected chi connectivity index (χ1v) is 8.17. The number of alkyl halides is 2. The maximum atomic E-state index is 13.4. The van der Waals surface area contributed by atoms with Crippen molar-refractivity contribution in [2.75, 3.05) is 5.32 Å². The van der Waals surface area contributed by atoms with Crippen molar-refractivity contribution < 1.29 is 23.1 Å². The lowest BCUT2D eigenvalue weighted by atomic mass is 10.1. The van der Waals surface area contributed by atoms with E-state index in [4.69, 9.17) is 4.74 Å². The Morgan fingerprint density at radius 2 is 1.93 bits per heavy atom. The van der Waals surface area contributed by atoms with Crippen molar-refractivity contribution in [2.24, 2.45) is 0 Å². The minimum absolute atomic E-state index is 0.0618. The van der Waals surface area contributed by atoms with Crippen molar-refractivity contribution in [3.05, 3.63) is 59.4 Å². The molecule has 3 aromatic rings. The lowest BCUT2D eigenvalue weighted by Crippen LogP contribution is -2.15. The van der Waals surface area contributed by atoms with E-state index in [1.165, 1.54) is 19.1 Å². The number of para-hydroxylation sites is 3. The molecule has 0 unspecified atom stereocenters. The number of rotatable bonds is 5. The average molecular weight is 373 g/mol. The highest BCUT2D eigenvalue weighted by molar-refractivity contribution is 6.01. The Hall–Kier alpha value is -3.29. The number of esters is 1. The molecule has 3 rings (SSSR count). The Morgan fingerprint density at radius 3 is 2.63 bits per heavy atom. The van der Waals surface area contributed by atoms with Crippen LogP contribution >= 0.6 is 0 Å². The highest BCUT2D eigenvalue weighted by Gasteiger charge is 2.20. The Balaban J connectivity index is 1.87. The number of imidazole rings is 1. The minimum atomic E-state index is -2.82. The van der Waals surface area contributed by atoms with E-state index in [2.05, 4.69) is 10.3 Å². The van der Waals surface area contributed by atoms with Crippen molar-refractivity contribution in [3.8, 4) is 0 Å². The summed E-state index contributed by atoms with van der Waals surface area (Å²) < 4.78 is 32.8. The highest BCUT2D eigenvalue weighted by Crippen LogP contribution is 2.25. The van der Waals surface area contributed by atoms with Crippen LogP contribution in [0.2, 0.25) is 0 Å². The second-order valence-corrected chi connectivity index (χ2v) is 5.92. The number of carbonyl (C=O) groups excluding carboxylic acids is 2. The minimum Gasteiger partial charge on any atom is -0.454 e. The van der Waals surface area contributed by atoms with E-state index in [1.807, 2.05) is 0 Å². The van der Waals surface area contributed by atoms with E-state index in [0.717, 1.165) is 4.57 Å². The largest absolute Gasteiger partial charge is 0.454 e. The molecule has 27 heavy (non-hydrogen) atoms. The smallest absolute Gasteiger partial charge is 0.340 e. The summed E-state index contributed by atoms with van der Waals surface area (Å²) in [5.74, 6) is -1.14. The van der Waals surface area contributed by atoms with Gasteiger partial charge in [0.15, 0.2) is 5.82 Å². The molecule has 8 heteroatoms. The number of ether oxygens (including phenoxy) is 1. The first-order valence-electron chi connectivity index (χ1n) is 8.17. The highest BCUT2D eigenvalue weighted by atomic mass is 19.3. The van der Waals surface area contributed by atoms with E-state index in [9.17, 15) is 18.4 Å². The molecule has 1 heterocycles. The van der Waals surface area contributed by atoms with Crippen molar-refractivity contribution in [3.63, 3.8) is 0 Å². The summed E-state index contributed by atoms with van der Waals surface area (Å²) in [6.07, 6.45) is 0. The molecule has 1 N–H and O–H groups in total. The normalized spacial score (nSPS) is 11.0. The van der Waals surface area contributed by atoms with Gasteiger partial charge < -0.3 is 10.1 Å². The van der Waals surface area contributed by atoms with Crippen LogP contribution in [-0.4, -0.2) is 21.4 Å². The van der Waals surface area contributed by atoms with Crippen LogP contribution in [0.4, 0.5) is 14.5 Å². The third-order valence-corrected chi connectivity index (χ3v) is 3.99. The molecular formula is C19H17F2N3O3. The van der Waals surface area contributed by atoms with Gasteiger partial charge >= 0.3 is 12.5 Å². The van der Waals surface area contributed by atoms with Crippen molar-refractivity contribution in [1.29, 1.82) is 0 Å². The monoisotopic (exact) mass is 373 g/mol. The zero-order valence-corrected chi connectivity index (χ0v) is 14.7. The fraction of sp³-hybridized carbons (Fsp3) is 0.211. The summed E-state index contributed by atoms with van der Waals surface area (Å²) in [5.41, 5.74) is 1.80. The van der Waals surface area contributed by atoms with E-state index in [-0.39, 0.29) is 22.8 Å². The van der Waals surface area contributed by atoms with Crippen LogP contribution in [0.5, 0.6) is 0 Å². The fourth-order valence-electron chi connectivity index (χ4n) is 2.80. The first kappa shape index (κ1) is 18.5. The van der Waals surface area contributed by atoms with Crippen LogP contribution in [0.15, 0.2) is 42.5 Å². The topological polar surface area (TPSA) is 73.2 Å². The quantitative estimate of drug-likeness (QED) is 0.685. The number of nitrogens with one attached hydrogen (secondary N) is 1. The number of anilines is 1. The Bertz CT molecular complexity index is 1010. The second kappa shape index (κ2) is 7.53. The molecule has 2 aromatic carbocycles. The van der Waals surface area contributed by atoms with Gasteiger partial charge in [-0.3, -0.25) is 9.36 Å². The van der Waals surface area contributed by atoms with Crippen LogP contribution in [0.1, 0.15) is 35.2 Å². The van der Waals surface area contributed by atoms with Gasteiger partial charge in [0.2, 0.25) is 5.91 Å². The van der Waals surface area contributed by atoms with Gasteiger partial charge in [0.25, 0.3) is 0 Å². The molecule has 0 atom stereocenters. The zero-order chi connectivity index (χ0) is 19.6. The number of hydrogen-bond acceptors (Lipinski definition) is 4. The molecule has 0 spiro atoms. The van der Waals surface area contributed by atoms with Crippen LogP contribution in [-0.2, 0) is 16.1 Å². The Kier molecular flexibility index (Phi) is 5.16. The molecule has 0 saturated carbocycles. The van der Waals surface area contributed by atoms with Gasteiger partial charge in [-0.15, -0.1) is 0 Å². The van der Waals surface area contributed by atoms with E-state index in [1.54, 1.807) is 37.3 Å². The van der Waals surface area contributed by atoms with E-state index >= 15 is 0 Å². The summed E-state index contributed by atoms with van der Waals surface area (Å²) in [6, 6.07) is 11.3. The molecule has 0 aliphatic heterocycles. The van der Waals surface area contributed by atoms with Crippen molar-refractivity contribution in [1.82, 2.24) is 9.55 Å². The van der Waals surface area contributed by atoms with Crippen LogP contribution in [0.25, 0.3) is 11.0 Å². The molecule has 0 bridgehead atoms. The van der Waals surface area contributed by atoms with Crippen LogP contribution in [0.3, 0.4) is 0 Å². The lowest BCUT2D eigenvalue weighted by molar-refractivity contribution is -0.114. The molecule has 0 aliphatic rings. The maximum Gasteiger partial charge on any atom is 0.340 e. The molecular weight excluding hydrogens is 356 g/mol. The third-order valence-electron chi connectivity index (χ3n) is 3.99. The molecule has 1 amide bonds. The third kappa shape index (κ3) is 3.79. The average Bonchev–Trinajstić information content (AvgIpc) is 2.99. The molecule has 6 nitrogen and oxygen atoms in total. The number of halogens is 2. The first-order chi connectivity index (χ1) is 12.9. The SMILES string of the molecule is CC(=O)Nc1c(C)cccc1C(=O)OCc1nc2ccccc2n1C(F)F. The fourth-order valence-corrected chi connectivity index (χ4v) is 2.80. The molecule has 1 aromatic heterocycles. The van der Waals surface area contributed by atoms with Gasteiger partial charge in [0.1, 0.15) is 6.61 Å². The number of fused-ring (bicyclic) bond motifs is 1. The molecule has 0 aliphatic carbocycles. The van der Waals surface area contributed by atoms with Gasteiger partial charge in [-0.1, -0.05) is 24.3 Å². The van der Waals surface area contributed by atoms with Crippen molar-refractivity contribution >= 4 is 28.6 Å². The molecule has 0 saturated heterocycles. The number of amides is 1. The van der Waals surface area contributed by atoms with Crippen molar-refractivity contribution in [2.45, 2.75) is 27.0 Å². The number of aryl methyl sites for hydroxylation is 1. The van der Waals surface area contributed by atoms with Crippen LogP contribution < -0.4 is 5.32 Å². The standard InChI is InChI=1S/C19H17F2N3O3/c1-11-6-5-7-13(17(11)22-12(2)25)18(26)27-10-16-23-14-8-3-4-9-15(14)24(16)19(20)21/h3-9,19H,10H2,1-2H3,(H,22,25). The van der Waals surface area contributed by atoms with E-state index < -0.39 is 19.1 Å². The number of benzene rings is 2. The second-order valence-electron chi connectivity index (χ2n) is 5.92. The lowest BCUT2D eigenvalue weighted by Gasteiger charge is -2.13. The molecule has 0 fully saturated rings. The molecule has 0 radical (unpaired) electrons. The van der Waals surface area contributed by atoms with Gasteiger partial charge in [-0.2, -0.15) is 8.78 Å². The van der Waals surface area contributed by atoms with Gasteiger partial charge in [0, 0.05) is 6.92 Å². The summed E-state index contributed by atoms with van der Waals surface area (Å²) in [5, 5.41) is 2.59. The summed E-state index contributed by atoms with van der Waals surface area (Å²) >= 11 is 0. The van der Waals surface area contributed by atoms with Gasteiger partial charge in [-0.25, -0.2) is 9.78 Å². The number of carbonyl (C=O) groups is 2. The molecule has 140 valence electrons. The van der Waals surface area contributed by atoms with Crippen LogP contribution in [0, 0.1) is 6.92 Å². The van der Waals surface area contributed by atoms with Gasteiger partial charge in [0.05, 0.1) is 22.3 Å². The van der Waals surface area contributed by atoms with Gasteiger partial charge in [-0.05, 0) is 30.7 Å². The number of aromatic nitrogens is 2. The summed E-state index contributed by atoms with van der Waals surface area (Å²) in [4.78, 5) is 28.0. The Labute approximate surface area is 153 Å². The zero-order valence-electron chi connectivity index (χ0n) is 14.7. The summed E-state index contributed by atoms with van der Waals surface area (Å²) in [7, 11) is 0. The predicted octanol–water partition coefficient (Wildman–Crippen LogP) is 4.06. The number of nitrogens with zero attached hydrogens (tertiary/aromatic N) is 2.